The molecule has 2 nitrogen and oxygen atoms in total. The maximum atomic E-state index is 6.47. The van der Waals surface area contributed by atoms with Crippen molar-refractivity contribution in [1.29, 1.82) is 0 Å². The van der Waals surface area contributed by atoms with Crippen molar-refractivity contribution in [2.24, 2.45) is 0 Å². The van der Waals surface area contributed by atoms with Crippen LogP contribution in [0.25, 0.3) is 22.3 Å². The summed E-state index contributed by atoms with van der Waals surface area (Å²) in [5.41, 5.74) is 12.1. The van der Waals surface area contributed by atoms with E-state index in [1.54, 1.807) is 0 Å². The molecule has 3 heteroatoms. The van der Waals surface area contributed by atoms with Gasteiger partial charge in [0.25, 0.3) is 0 Å². The number of hydrogen-bond acceptors (Lipinski definition) is 2. The van der Waals surface area contributed by atoms with Gasteiger partial charge in [0.05, 0.1) is 0 Å². The lowest BCUT2D eigenvalue weighted by molar-refractivity contribution is 0.487. The van der Waals surface area contributed by atoms with Crippen molar-refractivity contribution < 1.29 is 4.74 Å². The molecule has 0 spiro atoms. The number of para-hydroxylation sites is 2. The van der Waals surface area contributed by atoms with Crippen molar-refractivity contribution in [1.82, 2.24) is 0 Å². The molecule has 6 aromatic rings. The van der Waals surface area contributed by atoms with Crippen LogP contribution in [-0.4, -0.2) is 6.85 Å². The molecular weight excluding hydrogens is 509 g/mol. The van der Waals surface area contributed by atoms with Crippen molar-refractivity contribution >= 4 is 29.1 Å². The summed E-state index contributed by atoms with van der Waals surface area (Å²) in [6, 6.07) is 52.4. The van der Waals surface area contributed by atoms with Gasteiger partial charge < -0.3 is 9.55 Å². The van der Waals surface area contributed by atoms with Gasteiger partial charge in [-0.25, -0.2) is 0 Å². The molecule has 6 aromatic carbocycles. The average Bonchev–Trinajstić information content (AvgIpc) is 3.05. The van der Waals surface area contributed by atoms with E-state index in [9.17, 15) is 0 Å². The highest BCUT2D eigenvalue weighted by Gasteiger charge is 2.44. The van der Waals surface area contributed by atoms with Crippen molar-refractivity contribution in [2.45, 2.75) is 19.3 Å². The van der Waals surface area contributed by atoms with Gasteiger partial charge in [-0.1, -0.05) is 135 Å². The minimum absolute atomic E-state index is 0.0585. The molecule has 0 saturated carbocycles. The maximum Gasteiger partial charge on any atom is 0.335 e. The molecule has 0 aliphatic carbocycles. The van der Waals surface area contributed by atoms with Crippen LogP contribution in [0.1, 0.15) is 25.0 Å². The molecule has 0 atom stereocenters. The fourth-order valence-electron chi connectivity index (χ4n) is 6.86. The van der Waals surface area contributed by atoms with E-state index in [0.717, 1.165) is 11.5 Å². The standard InChI is InChI=1S/C39H30BNO/c1-39(2)31-23-21-29(27-13-5-3-6-14-27)25-35(31)41(36-26-30(22-24-32(36)39)28-15-7-4-8-16-28)40-33-17-9-11-19-37(33)42-38-20-12-10-18-34(38)40/h3-26H,1-2H3. The lowest BCUT2D eigenvalue weighted by atomic mass is 9.46. The molecule has 2 aliphatic rings. The molecule has 0 saturated heterocycles. The quantitative estimate of drug-likeness (QED) is 0.209. The van der Waals surface area contributed by atoms with Crippen molar-refractivity contribution in [2.75, 3.05) is 4.81 Å². The second-order valence-corrected chi connectivity index (χ2v) is 11.8. The zero-order valence-electron chi connectivity index (χ0n) is 23.8. The fraction of sp³-hybridized carbons (Fsp3) is 0.0769. The van der Waals surface area contributed by atoms with Gasteiger partial charge in [0.15, 0.2) is 0 Å². The highest BCUT2D eigenvalue weighted by molar-refractivity contribution is 6.90. The Morgan fingerprint density at radius 3 is 1.38 bits per heavy atom. The van der Waals surface area contributed by atoms with Gasteiger partial charge in [0.2, 0.25) is 0 Å². The number of ether oxygens (including phenoxy) is 1. The average molecular weight is 539 g/mol. The largest absolute Gasteiger partial charge is 0.458 e. The van der Waals surface area contributed by atoms with E-state index in [-0.39, 0.29) is 12.3 Å². The van der Waals surface area contributed by atoms with E-state index in [0.29, 0.717) is 0 Å². The van der Waals surface area contributed by atoms with Crippen molar-refractivity contribution in [3.05, 3.63) is 157 Å². The Morgan fingerprint density at radius 2 is 0.905 bits per heavy atom. The summed E-state index contributed by atoms with van der Waals surface area (Å²) in [5.74, 6) is 1.82. The molecule has 200 valence electrons. The van der Waals surface area contributed by atoms with Crippen molar-refractivity contribution in [3.8, 4) is 33.8 Å². The Labute approximate surface area is 248 Å². The molecule has 0 fully saturated rings. The van der Waals surface area contributed by atoms with Gasteiger partial charge in [-0.2, -0.15) is 0 Å². The summed E-state index contributed by atoms with van der Waals surface area (Å²) in [6.07, 6.45) is 0. The molecular formula is C39H30BNO. The Hall–Kier alpha value is -5.02. The SMILES string of the molecule is CC1(C)c2ccc(-c3ccccc3)cc2N(B2c3ccccc3Oc3ccccc32)c2cc(-c3ccccc3)ccc21. The van der Waals surface area contributed by atoms with Crippen LogP contribution in [0.4, 0.5) is 11.4 Å². The molecule has 8 rings (SSSR count). The lowest BCUT2D eigenvalue weighted by Crippen LogP contribution is -2.58. The Balaban J connectivity index is 1.44. The zero-order valence-corrected chi connectivity index (χ0v) is 23.8. The zero-order chi connectivity index (χ0) is 28.3. The summed E-state index contributed by atoms with van der Waals surface area (Å²) in [4.78, 5) is 2.58. The fourth-order valence-corrected chi connectivity index (χ4v) is 6.86. The Morgan fingerprint density at radius 1 is 0.476 bits per heavy atom. The van der Waals surface area contributed by atoms with Crippen LogP contribution in [0.5, 0.6) is 11.5 Å². The molecule has 0 radical (unpaired) electrons. The predicted octanol–water partition coefficient (Wildman–Crippen LogP) is 8.71. The third kappa shape index (κ3) is 3.81. The first kappa shape index (κ1) is 24.8. The number of benzene rings is 6. The number of rotatable bonds is 3. The van der Waals surface area contributed by atoms with Crippen LogP contribution in [0.2, 0.25) is 0 Å². The van der Waals surface area contributed by atoms with Gasteiger partial charge in [-0.15, -0.1) is 0 Å². The summed E-state index contributed by atoms with van der Waals surface area (Å²) >= 11 is 0. The molecule has 2 heterocycles. The molecule has 0 N–H and O–H groups in total. The van der Waals surface area contributed by atoms with Crippen LogP contribution in [0.3, 0.4) is 0 Å². The van der Waals surface area contributed by atoms with Gasteiger partial charge in [0, 0.05) is 16.8 Å². The van der Waals surface area contributed by atoms with Crippen LogP contribution < -0.4 is 20.5 Å². The molecule has 42 heavy (non-hydrogen) atoms. The molecule has 0 amide bonds. The number of hydrogen-bond donors (Lipinski definition) is 0. The van der Waals surface area contributed by atoms with Gasteiger partial charge >= 0.3 is 6.85 Å². The predicted molar refractivity (Wildman–Crippen MR) is 176 cm³/mol. The monoisotopic (exact) mass is 539 g/mol. The van der Waals surface area contributed by atoms with Crippen LogP contribution in [0.15, 0.2) is 146 Å². The summed E-state index contributed by atoms with van der Waals surface area (Å²) < 4.78 is 6.47. The second kappa shape index (κ2) is 9.53. The highest BCUT2D eigenvalue weighted by Crippen LogP contribution is 2.51. The highest BCUT2D eigenvalue weighted by atomic mass is 16.5. The minimum atomic E-state index is -0.185. The smallest absolute Gasteiger partial charge is 0.335 e. The van der Waals surface area contributed by atoms with E-state index in [2.05, 4.69) is 164 Å². The molecule has 0 aromatic heterocycles. The first-order chi connectivity index (χ1) is 20.6. The first-order valence-electron chi connectivity index (χ1n) is 14.6. The van der Waals surface area contributed by atoms with E-state index in [1.165, 1.54) is 55.7 Å². The summed E-state index contributed by atoms with van der Waals surface area (Å²) in [5, 5.41) is 0. The third-order valence-corrected chi connectivity index (χ3v) is 8.98. The van der Waals surface area contributed by atoms with E-state index >= 15 is 0 Å². The first-order valence-corrected chi connectivity index (χ1v) is 14.6. The summed E-state index contributed by atoms with van der Waals surface area (Å²) in [6.45, 7) is 4.66. The van der Waals surface area contributed by atoms with E-state index < -0.39 is 0 Å². The topological polar surface area (TPSA) is 12.5 Å². The maximum absolute atomic E-state index is 6.47. The Kier molecular flexibility index (Phi) is 5.62. The number of fused-ring (bicyclic) bond motifs is 4. The second-order valence-electron chi connectivity index (χ2n) is 11.8. The molecule has 0 unspecified atom stereocenters. The minimum Gasteiger partial charge on any atom is -0.458 e. The van der Waals surface area contributed by atoms with Gasteiger partial charge in [0.1, 0.15) is 11.5 Å². The van der Waals surface area contributed by atoms with Crippen LogP contribution >= 0.6 is 0 Å². The van der Waals surface area contributed by atoms with E-state index in [1.807, 2.05) is 0 Å². The number of anilines is 2. The van der Waals surface area contributed by atoms with Crippen LogP contribution in [-0.2, 0) is 5.41 Å². The Bertz CT molecular complexity index is 1810. The number of nitrogens with zero attached hydrogens (tertiary/aromatic N) is 1. The lowest BCUT2D eigenvalue weighted by Gasteiger charge is -2.46. The van der Waals surface area contributed by atoms with Gasteiger partial charge in [-0.3, -0.25) is 0 Å². The third-order valence-electron chi connectivity index (χ3n) is 8.98. The molecule has 2 aliphatic heterocycles. The van der Waals surface area contributed by atoms with Crippen molar-refractivity contribution in [3.63, 3.8) is 0 Å². The normalized spacial score (nSPS) is 14.2. The van der Waals surface area contributed by atoms with Gasteiger partial charge in [-0.05, 0) is 68.6 Å². The van der Waals surface area contributed by atoms with E-state index in [4.69, 9.17) is 4.74 Å². The molecule has 0 bridgehead atoms. The summed E-state index contributed by atoms with van der Waals surface area (Å²) in [7, 11) is 0. The van der Waals surface area contributed by atoms with Crippen LogP contribution in [0, 0.1) is 0 Å².